The zero-order chi connectivity index (χ0) is 19.1. The molecule has 26 heavy (non-hydrogen) atoms. The fraction of sp³-hybridized carbons (Fsp3) is 0.391. The maximum Gasteiger partial charge on any atom is 0.123 e. The molecule has 0 spiro atoms. The van der Waals surface area contributed by atoms with Crippen LogP contribution in [0.4, 0.5) is 0 Å². The molecule has 0 N–H and O–H groups in total. The van der Waals surface area contributed by atoms with E-state index in [-0.39, 0.29) is 5.41 Å². The van der Waals surface area contributed by atoms with Gasteiger partial charge in [-0.15, -0.1) is 0 Å². The summed E-state index contributed by atoms with van der Waals surface area (Å²) in [6.45, 7) is 13.1. The second-order valence-electron chi connectivity index (χ2n) is 8.20. The van der Waals surface area contributed by atoms with E-state index in [4.69, 9.17) is 14.7 Å². The Hall–Kier alpha value is -2.42. The van der Waals surface area contributed by atoms with Gasteiger partial charge in [0.05, 0.1) is 24.0 Å². The lowest BCUT2D eigenvalue weighted by molar-refractivity contribution is 0.412. The number of benzene rings is 1. The molecule has 0 saturated heterocycles. The summed E-state index contributed by atoms with van der Waals surface area (Å²) < 4.78 is 5.52. The van der Waals surface area contributed by atoms with Gasteiger partial charge in [-0.2, -0.15) is 0 Å². The van der Waals surface area contributed by atoms with Crippen LogP contribution in [-0.2, 0) is 5.41 Å². The van der Waals surface area contributed by atoms with Gasteiger partial charge >= 0.3 is 0 Å². The van der Waals surface area contributed by atoms with Crippen LogP contribution >= 0.6 is 0 Å². The van der Waals surface area contributed by atoms with Gasteiger partial charge < -0.3 is 4.74 Å². The number of hydrogen-bond donors (Lipinski definition) is 0. The molecule has 2 aromatic heterocycles. The summed E-state index contributed by atoms with van der Waals surface area (Å²) in [5.74, 6) is 1.25. The zero-order valence-corrected chi connectivity index (χ0v) is 16.8. The van der Waals surface area contributed by atoms with Crippen LogP contribution in [0.15, 0.2) is 36.4 Å². The standard InChI is InChI=1S/C23H28N2O/c1-14(2)18-9-8-10-19(24-18)20-13-17(23(4,5)6)16-11-12-21(26-7)15(3)22(16)25-20/h8-14H,1-7H3. The molecule has 0 bridgehead atoms. The van der Waals surface area contributed by atoms with Crippen LogP contribution in [0.1, 0.15) is 57.4 Å². The molecular formula is C23H28N2O. The molecule has 1 aromatic carbocycles. The van der Waals surface area contributed by atoms with E-state index in [1.807, 2.05) is 12.1 Å². The monoisotopic (exact) mass is 348 g/mol. The first kappa shape index (κ1) is 18.4. The van der Waals surface area contributed by atoms with Crippen molar-refractivity contribution < 1.29 is 4.74 Å². The minimum absolute atomic E-state index is 0.00657. The molecule has 0 aliphatic rings. The lowest BCUT2D eigenvalue weighted by atomic mass is 9.83. The molecule has 0 aliphatic heterocycles. The number of fused-ring (bicyclic) bond motifs is 1. The Balaban J connectivity index is 2.33. The fourth-order valence-corrected chi connectivity index (χ4v) is 3.30. The van der Waals surface area contributed by atoms with Gasteiger partial charge in [0.2, 0.25) is 0 Å². The summed E-state index contributed by atoms with van der Waals surface area (Å²) in [5.41, 5.74) is 6.27. The van der Waals surface area contributed by atoms with Crippen molar-refractivity contribution in [3.05, 3.63) is 53.2 Å². The summed E-state index contributed by atoms with van der Waals surface area (Å²) >= 11 is 0. The quantitative estimate of drug-likeness (QED) is 0.579. The first-order chi connectivity index (χ1) is 12.2. The highest BCUT2D eigenvalue weighted by atomic mass is 16.5. The van der Waals surface area contributed by atoms with Crippen molar-refractivity contribution in [2.24, 2.45) is 0 Å². The Labute approximate surface area is 156 Å². The molecule has 0 saturated carbocycles. The van der Waals surface area contributed by atoms with Crippen LogP contribution in [0.5, 0.6) is 5.75 Å². The number of nitrogens with zero attached hydrogens (tertiary/aromatic N) is 2. The molecule has 0 unspecified atom stereocenters. The first-order valence-corrected chi connectivity index (χ1v) is 9.18. The molecule has 0 fully saturated rings. The van der Waals surface area contributed by atoms with E-state index in [0.717, 1.165) is 33.9 Å². The number of hydrogen-bond acceptors (Lipinski definition) is 3. The predicted molar refractivity (Wildman–Crippen MR) is 109 cm³/mol. The van der Waals surface area contributed by atoms with Crippen LogP contribution in [-0.4, -0.2) is 17.1 Å². The number of rotatable bonds is 3. The van der Waals surface area contributed by atoms with Crippen molar-refractivity contribution in [3.63, 3.8) is 0 Å². The third-order valence-electron chi connectivity index (χ3n) is 4.84. The third kappa shape index (κ3) is 3.31. The van der Waals surface area contributed by atoms with Crippen LogP contribution in [0.2, 0.25) is 0 Å². The molecule has 0 amide bonds. The topological polar surface area (TPSA) is 35.0 Å². The van der Waals surface area contributed by atoms with Crippen molar-refractivity contribution in [3.8, 4) is 17.1 Å². The van der Waals surface area contributed by atoms with E-state index in [1.54, 1.807) is 7.11 Å². The van der Waals surface area contributed by atoms with Gasteiger partial charge in [-0.1, -0.05) is 40.7 Å². The highest BCUT2D eigenvalue weighted by molar-refractivity contribution is 5.89. The summed E-state index contributed by atoms with van der Waals surface area (Å²) in [6.07, 6.45) is 0. The summed E-state index contributed by atoms with van der Waals surface area (Å²) in [7, 11) is 1.70. The Kier molecular flexibility index (Phi) is 4.74. The van der Waals surface area contributed by atoms with E-state index in [9.17, 15) is 0 Å². The Morgan fingerprint density at radius 3 is 2.31 bits per heavy atom. The van der Waals surface area contributed by atoms with Crippen molar-refractivity contribution in [2.45, 2.75) is 52.9 Å². The number of aryl methyl sites for hydroxylation is 1. The van der Waals surface area contributed by atoms with E-state index < -0.39 is 0 Å². The Bertz CT molecular complexity index is 952. The third-order valence-corrected chi connectivity index (χ3v) is 4.84. The molecule has 136 valence electrons. The van der Waals surface area contributed by atoms with Crippen molar-refractivity contribution in [1.29, 1.82) is 0 Å². The van der Waals surface area contributed by atoms with Crippen LogP contribution < -0.4 is 4.74 Å². The van der Waals surface area contributed by atoms with Gasteiger partial charge in [-0.05, 0) is 54.2 Å². The largest absolute Gasteiger partial charge is 0.496 e. The van der Waals surface area contributed by atoms with Crippen LogP contribution in [0.3, 0.4) is 0 Å². The second-order valence-corrected chi connectivity index (χ2v) is 8.20. The summed E-state index contributed by atoms with van der Waals surface area (Å²) in [5, 5.41) is 1.18. The van der Waals surface area contributed by atoms with Crippen LogP contribution in [0.25, 0.3) is 22.3 Å². The molecule has 3 aromatic rings. The average molecular weight is 348 g/mol. The van der Waals surface area contributed by atoms with Gasteiger partial charge in [-0.3, -0.25) is 4.98 Å². The highest BCUT2D eigenvalue weighted by Crippen LogP contribution is 2.36. The normalized spacial score (nSPS) is 12.0. The number of ether oxygens (including phenoxy) is 1. The van der Waals surface area contributed by atoms with Gasteiger partial charge in [0.15, 0.2) is 0 Å². The summed E-state index contributed by atoms with van der Waals surface area (Å²) in [6, 6.07) is 12.5. The van der Waals surface area contributed by atoms with Crippen molar-refractivity contribution in [1.82, 2.24) is 9.97 Å². The minimum atomic E-state index is 0.00657. The van der Waals surface area contributed by atoms with Crippen molar-refractivity contribution in [2.75, 3.05) is 7.11 Å². The summed E-state index contributed by atoms with van der Waals surface area (Å²) in [4.78, 5) is 9.84. The highest BCUT2D eigenvalue weighted by Gasteiger charge is 2.21. The lowest BCUT2D eigenvalue weighted by Crippen LogP contribution is -2.13. The maximum absolute atomic E-state index is 5.52. The van der Waals surface area contributed by atoms with E-state index in [1.165, 1.54) is 10.9 Å². The number of aromatic nitrogens is 2. The first-order valence-electron chi connectivity index (χ1n) is 9.18. The van der Waals surface area contributed by atoms with E-state index in [2.05, 4.69) is 65.8 Å². The zero-order valence-electron chi connectivity index (χ0n) is 16.8. The molecular weight excluding hydrogens is 320 g/mol. The van der Waals surface area contributed by atoms with Crippen LogP contribution in [0, 0.1) is 6.92 Å². The molecule has 0 radical (unpaired) electrons. The Morgan fingerprint density at radius 2 is 1.69 bits per heavy atom. The maximum atomic E-state index is 5.52. The van der Waals surface area contributed by atoms with Gasteiger partial charge in [0.25, 0.3) is 0 Å². The smallest absolute Gasteiger partial charge is 0.123 e. The molecule has 3 rings (SSSR count). The lowest BCUT2D eigenvalue weighted by Gasteiger charge is -2.23. The fourth-order valence-electron chi connectivity index (χ4n) is 3.30. The van der Waals surface area contributed by atoms with Crippen molar-refractivity contribution >= 4 is 10.9 Å². The Morgan fingerprint density at radius 1 is 0.962 bits per heavy atom. The molecule has 2 heterocycles. The minimum Gasteiger partial charge on any atom is -0.496 e. The predicted octanol–water partition coefficient (Wildman–Crippen LogP) is 6.03. The SMILES string of the molecule is COc1ccc2c(C(C)(C)C)cc(-c3cccc(C(C)C)n3)nc2c1C. The van der Waals surface area contributed by atoms with Gasteiger partial charge in [0.1, 0.15) is 5.75 Å². The number of methoxy groups -OCH3 is 1. The second kappa shape index (κ2) is 6.71. The van der Waals surface area contributed by atoms with Gasteiger partial charge in [0, 0.05) is 16.6 Å². The molecule has 0 atom stereocenters. The molecule has 3 heteroatoms. The van der Waals surface area contributed by atoms with E-state index in [0.29, 0.717) is 5.92 Å². The molecule has 3 nitrogen and oxygen atoms in total. The number of pyridine rings is 2. The average Bonchev–Trinajstić information content (AvgIpc) is 2.60. The van der Waals surface area contributed by atoms with Gasteiger partial charge in [-0.25, -0.2) is 4.98 Å². The van der Waals surface area contributed by atoms with E-state index >= 15 is 0 Å². The molecule has 0 aliphatic carbocycles.